The number of nitrogen functional groups attached to an aromatic ring is 1. The molecule has 2 aromatic rings. The van der Waals surface area contributed by atoms with Crippen LogP contribution in [0.3, 0.4) is 0 Å². The molecule has 2 rings (SSSR count). The fraction of sp³-hybridized carbons (Fsp3) is 0.188. The summed E-state index contributed by atoms with van der Waals surface area (Å²) in [5.41, 5.74) is 10.5. The number of hydrogen-bond acceptors (Lipinski definition) is 3. The summed E-state index contributed by atoms with van der Waals surface area (Å²) < 4.78 is 52.3. The summed E-state index contributed by atoms with van der Waals surface area (Å²) in [6.45, 7) is -3.10. The van der Waals surface area contributed by atoms with Crippen molar-refractivity contribution in [2.24, 2.45) is 5.73 Å². The van der Waals surface area contributed by atoms with Crippen LogP contribution in [-0.4, -0.2) is 5.78 Å². The lowest BCUT2D eigenvalue weighted by Crippen LogP contribution is -2.14. The predicted molar refractivity (Wildman–Crippen MR) is 87.9 cm³/mol. The number of nitrogens with two attached hydrogens (primary N) is 2. The smallest absolute Gasteiger partial charge is 0.197 e. The Hall–Kier alpha value is -1.62. The van der Waals surface area contributed by atoms with Gasteiger partial charge in [-0.2, -0.15) is 0 Å². The van der Waals surface area contributed by atoms with Gasteiger partial charge in [-0.25, -0.2) is 4.39 Å². The maximum atomic E-state index is 15.0. The lowest BCUT2D eigenvalue weighted by Gasteiger charge is -2.14. The van der Waals surface area contributed by atoms with Gasteiger partial charge >= 0.3 is 0 Å². The monoisotopic (exact) mass is 345 g/mol. The van der Waals surface area contributed by atoms with Crippen LogP contribution in [0.2, 0.25) is 10.0 Å². The van der Waals surface area contributed by atoms with Crippen LogP contribution >= 0.6 is 23.2 Å². The fourth-order valence-electron chi connectivity index (χ4n) is 1.91. The molecule has 3 nitrogen and oxygen atoms in total. The Morgan fingerprint density at radius 3 is 2.73 bits per heavy atom. The average Bonchev–Trinajstić information content (AvgIpc) is 2.55. The molecule has 0 radical (unpaired) electrons. The van der Waals surface area contributed by atoms with E-state index in [0.29, 0.717) is 0 Å². The summed E-state index contributed by atoms with van der Waals surface area (Å²) in [7, 11) is 0. The van der Waals surface area contributed by atoms with Crippen LogP contribution in [0, 0.1) is 5.82 Å². The SMILES string of the molecule is [2H]C([2H])([2H])C([2H])([2H])[C@@H](N)c1ccc(Cl)c(C(=O)c2ccc(N)c(Cl)c2)c1F. The van der Waals surface area contributed by atoms with Crippen molar-refractivity contribution in [2.45, 2.75) is 19.3 Å². The standard InChI is InChI=1S/C16H15Cl2FN2O/c1-2-12(20)9-4-5-10(17)14(15(9)19)16(22)8-3-6-13(21)11(18)7-8/h3-7,12H,2,20-21H2,1H3/t12-/m1/s1/i1D3,2D2. The van der Waals surface area contributed by atoms with Gasteiger partial charge in [-0.05, 0) is 30.6 Å². The number of carbonyl (C=O) groups is 1. The van der Waals surface area contributed by atoms with Crippen molar-refractivity contribution in [3.8, 4) is 0 Å². The van der Waals surface area contributed by atoms with E-state index in [1.807, 2.05) is 0 Å². The maximum absolute atomic E-state index is 15.0. The van der Waals surface area contributed by atoms with Crippen LogP contribution in [0.1, 0.15) is 47.6 Å². The number of halogens is 3. The molecule has 4 N–H and O–H groups in total. The summed E-state index contributed by atoms with van der Waals surface area (Å²) in [6, 6.07) is 4.28. The number of anilines is 1. The molecule has 0 unspecified atom stereocenters. The van der Waals surface area contributed by atoms with Crippen LogP contribution in [0.4, 0.5) is 10.1 Å². The Bertz CT molecular complexity index is 905. The summed E-state index contributed by atoms with van der Waals surface area (Å²) >= 11 is 11.8. The molecule has 0 bridgehead atoms. The van der Waals surface area contributed by atoms with Crippen LogP contribution in [0.15, 0.2) is 30.3 Å². The molecule has 1 atom stereocenters. The molecule has 0 fully saturated rings. The highest BCUT2D eigenvalue weighted by Gasteiger charge is 2.23. The molecule has 22 heavy (non-hydrogen) atoms. The highest BCUT2D eigenvalue weighted by Crippen LogP contribution is 2.30. The first-order valence-corrected chi connectivity index (χ1v) is 6.88. The molecule has 0 aromatic heterocycles. The Morgan fingerprint density at radius 1 is 1.36 bits per heavy atom. The second-order valence-electron chi connectivity index (χ2n) is 4.51. The van der Waals surface area contributed by atoms with Crippen molar-refractivity contribution in [1.29, 1.82) is 0 Å². The molecule has 0 heterocycles. The Morgan fingerprint density at radius 2 is 2.09 bits per heavy atom. The van der Waals surface area contributed by atoms with E-state index in [2.05, 4.69) is 0 Å². The zero-order chi connectivity index (χ0) is 20.7. The first-order chi connectivity index (χ1) is 12.3. The predicted octanol–water partition coefficient (Wildman–Crippen LogP) is 4.36. The molecule has 6 heteroatoms. The minimum Gasteiger partial charge on any atom is -0.398 e. The molecule has 0 saturated heterocycles. The van der Waals surface area contributed by atoms with E-state index in [0.717, 1.165) is 12.1 Å². The first-order valence-electron chi connectivity index (χ1n) is 8.62. The van der Waals surface area contributed by atoms with E-state index < -0.39 is 42.0 Å². The van der Waals surface area contributed by atoms with Crippen molar-refractivity contribution >= 4 is 34.7 Å². The number of rotatable bonds is 4. The number of ketones is 1. The van der Waals surface area contributed by atoms with E-state index in [-0.39, 0.29) is 21.3 Å². The second-order valence-corrected chi connectivity index (χ2v) is 5.33. The largest absolute Gasteiger partial charge is 0.398 e. The van der Waals surface area contributed by atoms with E-state index in [1.54, 1.807) is 0 Å². The Kier molecular flexibility index (Phi) is 3.32. The molecule has 116 valence electrons. The van der Waals surface area contributed by atoms with E-state index in [1.165, 1.54) is 18.2 Å². The van der Waals surface area contributed by atoms with Gasteiger partial charge in [-0.3, -0.25) is 4.79 Å². The highest BCUT2D eigenvalue weighted by atomic mass is 35.5. The maximum Gasteiger partial charge on any atom is 0.197 e. The molecule has 0 aliphatic carbocycles. The van der Waals surface area contributed by atoms with Gasteiger partial charge in [0.25, 0.3) is 0 Å². The molecular weight excluding hydrogens is 326 g/mol. The summed E-state index contributed by atoms with van der Waals surface area (Å²) in [6.07, 6.45) is -2.94. The third-order valence-corrected chi connectivity index (χ3v) is 3.74. The van der Waals surface area contributed by atoms with Crippen molar-refractivity contribution < 1.29 is 16.0 Å². The molecular formula is C16H15Cl2FN2O. The van der Waals surface area contributed by atoms with Crippen LogP contribution in [0.5, 0.6) is 0 Å². The van der Waals surface area contributed by atoms with Gasteiger partial charge in [0.05, 0.1) is 21.3 Å². The molecule has 0 saturated carbocycles. The van der Waals surface area contributed by atoms with E-state index in [4.69, 9.17) is 41.5 Å². The van der Waals surface area contributed by atoms with Crippen molar-refractivity contribution in [2.75, 3.05) is 5.73 Å². The molecule has 0 amide bonds. The quantitative estimate of drug-likeness (QED) is 0.639. The van der Waals surface area contributed by atoms with Gasteiger partial charge in [0.1, 0.15) is 5.82 Å². The summed E-state index contributed by atoms with van der Waals surface area (Å²) in [5, 5.41) is -0.153. The topological polar surface area (TPSA) is 69.1 Å². The fourth-order valence-corrected chi connectivity index (χ4v) is 2.32. The second kappa shape index (κ2) is 6.65. The minimum absolute atomic E-state index is 0.000414. The Labute approximate surface area is 145 Å². The average molecular weight is 346 g/mol. The van der Waals surface area contributed by atoms with Gasteiger partial charge in [-0.15, -0.1) is 0 Å². The molecule has 2 aromatic carbocycles. The van der Waals surface area contributed by atoms with E-state index in [9.17, 15) is 4.79 Å². The van der Waals surface area contributed by atoms with Crippen molar-refractivity contribution in [3.63, 3.8) is 0 Å². The lowest BCUT2D eigenvalue weighted by molar-refractivity contribution is 0.103. The molecule has 0 aliphatic rings. The molecule has 0 spiro atoms. The normalized spacial score (nSPS) is 16.8. The van der Waals surface area contributed by atoms with Crippen LogP contribution in [-0.2, 0) is 0 Å². The van der Waals surface area contributed by atoms with Crippen molar-refractivity contribution in [3.05, 3.63) is 62.9 Å². The highest BCUT2D eigenvalue weighted by molar-refractivity contribution is 6.36. The third kappa shape index (κ3) is 3.09. The van der Waals surface area contributed by atoms with E-state index >= 15 is 4.39 Å². The van der Waals surface area contributed by atoms with Gasteiger partial charge < -0.3 is 11.5 Å². The minimum atomic E-state index is -3.10. The zero-order valence-electron chi connectivity index (χ0n) is 16.2. The summed E-state index contributed by atoms with van der Waals surface area (Å²) in [4.78, 5) is 12.7. The van der Waals surface area contributed by atoms with Gasteiger partial charge in [0, 0.05) is 24.0 Å². The summed E-state index contributed by atoms with van der Waals surface area (Å²) in [5.74, 6) is -2.02. The number of carbonyl (C=O) groups excluding carboxylic acids is 1. The van der Waals surface area contributed by atoms with Gasteiger partial charge in [0.2, 0.25) is 0 Å². The zero-order valence-corrected chi connectivity index (χ0v) is 12.7. The van der Waals surface area contributed by atoms with Gasteiger partial charge in [0.15, 0.2) is 5.78 Å². The number of benzene rings is 2. The van der Waals surface area contributed by atoms with Gasteiger partial charge in [-0.1, -0.05) is 36.1 Å². The third-order valence-electron chi connectivity index (χ3n) is 3.10. The lowest BCUT2D eigenvalue weighted by atomic mass is 9.96. The molecule has 0 aliphatic heterocycles. The first kappa shape index (κ1) is 11.0. The van der Waals surface area contributed by atoms with Crippen LogP contribution < -0.4 is 11.5 Å². The van der Waals surface area contributed by atoms with Crippen LogP contribution in [0.25, 0.3) is 0 Å². The number of hydrogen-bond donors (Lipinski definition) is 2. The van der Waals surface area contributed by atoms with Crippen molar-refractivity contribution in [1.82, 2.24) is 0 Å². The Balaban J connectivity index is 2.58.